The molecule has 3 aromatic carbocycles. The van der Waals surface area contributed by atoms with Crippen LogP contribution in [-0.2, 0) is 9.59 Å². The number of para-hydroxylation sites is 1. The second-order valence-corrected chi connectivity index (χ2v) is 8.61. The third-order valence-corrected chi connectivity index (χ3v) is 5.94. The highest BCUT2D eigenvalue weighted by molar-refractivity contribution is 6.12. The van der Waals surface area contributed by atoms with E-state index < -0.39 is 11.9 Å². The van der Waals surface area contributed by atoms with Gasteiger partial charge in [0.15, 0.2) is 0 Å². The van der Waals surface area contributed by atoms with E-state index >= 15 is 0 Å². The fraction of sp³-hybridized carbons (Fsp3) is 0.0606. The third kappa shape index (κ3) is 7.09. The van der Waals surface area contributed by atoms with Crippen LogP contribution in [0.5, 0.6) is 0 Å². The third-order valence-electron chi connectivity index (χ3n) is 5.94. The lowest BCUT2D eigenvalue weighted by Gasteiger charge is -2.10. The van der Waals surface area contributed by atoms with Crippen molar-refractivity contribution in [2.45, 2.75) is 13.3 Å². The molecule has 0 atom stereocenters. The van der Waals surface area contributed by atoms with Crippen LogP contribution in [0, 0.1) is 11.3 Å². The minimum absolute atomic E-state index is 0.0894. The van der Waals surface area contributed by atoms with E-state index in [0.717, 1.165) is 44.1 Å². The van der Waals surface area contributed by atoms with Crippen molar-refractivity contribution in [2.24, 2.45) is 0 Å². The molecule has 0 fully saturated rings. The number of carboxylic acid groups (broad SMARTS) is 2. The summed E-state index contributed by atoms with van der Waals surface area (Å²) in [5.41, 5.74) is 6.14. The maximum atomic E-state index is 11.5. The summed E-state index contributed by atoms with van der Waals surface area (Å²) in [5.74, 6) is -1.96. The fourth-order valence-electron chi connectivity index (χ4n) is 3.92. The summed E-state index contributed by atoms with van der Waals surface area (Å²) >= 11 is 0. The Morgan fingerprint density at radius 1 is 0.974 bits per heavy atom. The second-order valence-electron chi connectivity index (χ2n) is 8.61. The van der Waals surface area contributed by atoms with E-state index in [4.69, 9.17) is 10.4 Å². The number of fused-ring (bicyclic) bond motifs is 3. The lowest BCUT2D eigenvalue weighted by atomic mass is 9.94. The molecule has 1 heterocycles. The molecular weight excluding hydrogens is 488 g/mol. The number of hydrogen-bond donors (Lipinski definition) is 3. The number of nitriles is 1. The molecule has 0 saturated heterocycles. The van der Waals surface area contributed by atoms with Crippen molar-refractivity contribution in [3.05, 3.63) is 119 Å². The molecule has 0 radical (unpaired) electrons. The molecule has 0 amide bonds. The maximum Gasteiger partial charge on any atom is 0.331 e. The first-order chi connectivity index (χ1) is 18.8. The number of nitrogens with one attached hydrogen (secondary N) is 1. The number of aliphatic carboxylic acids is 2. The van der Waals surface area contributed by atoms with Gasteiger partial charge >= 0.3 is 11.9 Å². The maximum absolute atomic E-state index is 11.5. The van der Waals surface area contributed by atoms with Crippen molar-refractivity contribution in [1.82, 2.24) is 4.98 Å². The zero-order valence-corrected chi connectivity index (χ0v) is 21.5. The molecule has 0 aliphatic heterocycles. The quantitative estimate of drug-likeness (QED) is 0.126. The van der Waals surface area contributed by atoms with Crippen molar-refractivity contribution in [2.75, 3.05) is 0 Å². The van der Waals surface area contributed by atoms with Gasteiger partial charge in [-0.25, -0.2) is 9.59 Å². The van der Waals surface area contributed by atoms with Crippen LogP contribution in [0.1, 0.15) is 35.6 Å². The Bertz CT molecular complexity index is 1680. The van der Waals surface area contributed by atoms with Gasteiger partial charge in [-0.2, -0.15) is 5.26 Å². The topological polar surface area (TPSA) is 114 Å². The van der Waals surface area contributed by atoms with Crippen molar-refractivity contribution in [3.8, 4) is 6.07 Å². The van der Waals surface area contributed by atoms with Crippen LogP contribution in [0.25, 0.3) is 46.1 Å². The molecule has 1 aromatic heterocycles. The Morgan fingerprint density at radius 3 is 2.31 bits per heavy atom. The van der Waals surface area contributed by atoms with Crippen LogP contribution < -0.4 is 0 Å². The fourth-order valence-corrected chi connectivity index (χ4v) is 3.92. The van der Waals surface area contributed by atoms with Gasteiger partial charge in [-0.1, -0.05) is 86.0 Å². The number of benzene rings is 3. The molecule has 0 aliphatic rings. The average molecular weight is 517 g/mol. The van der Waals surface area contributed by atoms with Crippen molar-refractivity contribution in [3.63, 3.8) is 0 Å². The summed E-state index contributed by atoms with van der Waals surface area (Å²) in [5, 5.41) is 27.9. The molecular formula is C33H28N2O4. The number of allylic oxidation sites excluding steroid dienone is 2. The molecule has 6 nitrogen and oxygen atoms in total. The van der Waals surface area contributed by atoms with E-state index in [0.29, 0.717) is 0 Å². The highest BCUT2D eigenvalue weighted by atomic mass is 16.4. The number of nitrogens with zero attached hydrogens (tertiary/aromatic N) is 1. The van der Waals surface area contributed by atoms with Gasteiger partial charge in [0.25, 0.3) is 0 Å². The van der Waals surface area contributed by atoms with Crippen LogP contribution in [0.2, 0.25) is 0 Å². The van der Waals surface area contributed by atoms with Gasteiger partial charge in [0.05, 0.1) is 11.6 Å². The molecule has 0 unspecified atom stereocenters. The van der Waals surface area contributed by atoms with E-state index in [9.17, 15) is 14.7 Å². The summed E-state index contributed by atoms with van der Waals surface area (Å²) in [4.78, 5) is 25.1. The summed E-state index contributed by atoms with van der Waals surface area (Å²) in [6.07, 6.45) is 10.5. The predicted molar refractivity (Wildman–Crippen MR) is 159 cm³/mol. The molecule has 0 spiro atoms. The van der Waals surface area contributed by atoms with Crippen LogP contribution in [0.4, 0.5) is 0 Å². The van der Waals surface area contributed by atoms with Crippen LogP contribution in [0.15, 0.2) is 97.1 Å². The van der Waals surface area contributed by atoms with Gasteiger partial charge in [0.2, 0.25) is 0 Å². The first kappa shape index (κ1) is 28.2. The first-order valence-electron chi connectivity index (χ1n) is 12.1. The molecule has 4 rings (SSSR count). The van der Waals surface area contributed by atoms with E-state index in [1.54, 1.807) is 25.1 Å². The van der Waals surface area contributed by atoms with Gasteiger partial charge in [-0.15, -0.1) is 0 Å². The normalized spacial score (nSPS) is 11.3. The van der Waals surface area contributed by atoms with Gasteiger partial charge in [-0.3, -0.25) is 0 Å². The molecule has 39 heavy (non-hydrogen) atoms. The lowest BCUT2D eigenvalue weighted by Crippen LogP contribution is -1.97. The lowest BCUT2D eigenvalue weighted by molar-refractivity contribution is -0.133. The Labute approximate surface area is 226 Å². The van der Waals surface area contributed by atoms with E-state index in [2.05, 4.69) is 30.3 Å². The van der Waals surface area contributed by atoms with Gasteiger partial charge in [0, 0.05) is 39.1 Å². The number of aromatic nitrogens is 1. The second kappa shape index (κ2) is 13.2. The highest BCUT2D eigenvalue weighted by Crippen LogP contribution is 2.34. The number of aromatic amines is 1. The zero-order valence-electron chi connectivity index (χ0n) is 21.5. The molecule has 0 saturated carbocycles. The average Bonchev–Trinajstić information content (AvgIpc) is 3.31. The monoisotopic (exact) mass is 516 g/mol. The number of hydrogen-bond acceptors (Lipinski definition) is 3. The Morgan fingerprint density at radius 2 is 1.67 bits per heavy atom. The minimum Gasteiger partial charge on any atom is -0.478 e. The SMILES string of the molecule is C=C(CC=CC#N)C(=O)O.C=Cc1cc2c([nH]c3ccccc32)c(C=Cc2ccccc2)c1C=C(C)C(=O)O. The van der Waals surface area contributed by atoms with Crippen molar-refractivity contribution >= 4 is 58.0 Å². The van der Waals surface area contributed by atoms with E-state index in [1.807, 2.05) is 60.7 Å². The first-order valence-corrected chi connectivity index (χ1v) is 12.1. The number of carbonyl (C=O) groups is 2. The van der Waals surface area contributed by atoms with Gasteiger partial charge < -0.3 is 15.2 Å². The van der Waals surface area contributed by atoms with Crippen LogP contribution >= 0.6 is 0 Å². The number of rotatable bonds is 8. The van der Waals surface area contributed by atoms with Crippen molar-refractivity contribution in [1.29, 1.82) is 5.26 Å². The van der Waals surface area contributed by atoms with Gasteiger partial charge in [-0.05, 0) is 48.2 Å². The van der Waals surface area contributed by atoms with Crippen LogP contribution in [0.3, 0.4) is 0 Å². The predicted octanol–water partition coefficient (Wildman–Crippen LogP) is 7.72. The van der Waals surface area contributed by atoms with Crippen molar-refractivity contribution < 1.29 is 19.8 Å². The molecule has 4 aromatic rings. The number of carboxylic acids is 2. The number of H-pyrrole nitrogens is 1. The summed E-state index contributed by atoms with van der Waals surface area (Å²) in [7, 11) is 0. The van der Waals surface area contributed by atoms with Crippen LogP contribution in [-0.4, -0.2) is 27.1 Å². The highest BCUT2D eigenvalue weighted by Gasteiger charge is 2.14. The van der Waals surface area contributed by atoms with E-state index in [1.165, 1.54) is 12.2 Å². The van der Waals surface area contributed by atoms with E-state index in [-0.39, 0.29) is 17.6 Å². The van der Waals surface area contributed by atoms with Gasteiger partial charge in [0.1, 0.15) is 0 Å². The molecule has 3 N–H and O–H groups in total. The molecule has 6 heteroatoms. The Hall–Kier alpha value is -5.41. The molecule has 0 bridgehead atoms. The molecule has 194 valence electrons. The summed E-state index contributed by atoms with van der Waals surface area (Å²) < 4.78 is 0. The molecule has 0 aliphatic carbocycles. The zero-order chi connectivity index (χ0) is 28.4. The standard InChI is InChI=1S/C26H21NO2.C7H7NO2/c1-3-19-16-23-20-11-7-8-12-24(20)27-25(23)21(22(19)15-17(2)26(28)29)14-13-18-9-5-4-6-10-18;1-6(7(9)10)4-2-3-5-8/h3-16,27H,1H2,2H3,(H,28,29);2-3H,1,4H2,(H,9,10). The smallest absolute Gasteiger partial charge is 0.331 e. The Balaban J connectivity index is 0.000000360. The summed E-state index contributed by atoms with van der Waals surface area (Å²) in [6.45, 7) is 8.84. The largest absolute Gasteiger partial charge is 0.478 e. The Kier molecular flexibility index (Phi) is 9.55. The minimum atomic E-state index is -1.03. The summed E-state index contributed by atoms with van der Waals surface area (Å²) in [6, 6.07) is 22.0.